The van der Waals surface area contributed by atoms with Crippen molar-refractivity contribution < 1.29 is 23.8 Å². The minimum Gasteiger partial charge on any atom is -0.465 e. The lowest BCUT2D eigenvalue weighted by molar-refractivity contribution is -0.141. The molecule has 0 aliphatic carbocycles. The van der Waals surface area contributed by atoms with Crippen molar-refractivity contribution in [3.05, 3.63) is 76.1 Å². The fraction of sp³-hybridized carbons (Fsp3) is 0.105. The summed E-state index contributed by atoms with van der Waals surface area (Å²) in [4.78, 5) is 28.7. The zero-order valence-corrected chi connectivity index (χ0v) is 13.7. The van der Waals surface area contributed by atoms with Gasteiger partial charge < -0.3 is 14.2 Å². The first-order chi connectivity index (χ1) is 12.2. The van der Waals surface area contributed by atoms with Gasteiger partial charge in [0.05, 0.1) is 19.6 Å². The molecule has 1 aromatic heterocycles. The van der Waals surface area contributed by atoms with Crippen LogP contribution in [0.2, 0.25) is 0 Å². The molecule has 126 valence electrons. The molecular weight excluding hydrogens is 322 g/mol. The molecule has 2 aromatic rings. The largest absolute Gasteiger partial charge is 0.465 e. The summed E-state index contributed by atoms with van der Waals surface area (Å²) in [6.07, 6.45) is 3.05. The van der Waals surface area contributed by atoms with E-state index in [9.17, 15) is 9.59 Å². The van der Waals surface area contributed by atoms with Crippen LogP contribution in [0.1, 0.15) is 5.56 Å². The Morgan fingerprint density at radius 3 is 2.36 bits per heavy atom. The van der Waals surface area contributed by atoms with E-state index in [0.717, 1.165) is 5.56 Å². The van der Waals surface area contributed by atoms with E-state index < -0.39 is 11.9 Å². The van der Waals surface area contributed by atoms with Gasteiger partial charge in [-0.05, 0) is 18.2 Å². The van der Waals surface area contributed by atoms with Crippen LogP contribution in [-0.2, 0) is 23.8 Å². The maximum Gasteiger partial charge on any atom is 0.374 e. The summed E-state index contributed by atoms with van der Waals surface area (Å²) < 4.78 is 15.4. The molecule has 3 rings (SSSR count). The van der Waals surface area contributed by atoms with Crippen molar-refractivity contribution in [3.8, 4) is 0 Å². The van der Waals surface area contributed by atoms with Crippen LogP contribution in [0.5, 0.6) is 0 Å². The second-order valence-corrected chi connectivity index (χ2v) is 5.10. The van der Waals surface area contributed by atoms with Crippen molar-refractivity contribution in [1.29, 1.82) is 0 Å². The maximum absolute atomic E-state index is 12.2. The molecule has 0 spiro atoms. The van der Waals surface area contributed by atoms with Crippen molar-refractivity contribution in [2.75, 3.05) is 14.2 Å². The third-order valence-corrected chi connectivity index (χ3v) is 3.63. The Kier molecular flexibility index (Phi) is 4.61. The number of methoxy groups -OCH3 is 2. The molecule has 0 saturated heterocycles. The highest BCUT2D eigenvalue weighted by Gasteiger charge is 2.27. The number of carbonyl (C=O) groups excluding carboxylic acids is 2. The maximum atomic E-state index is 12.2. The molecule has 0 unspecified atom stereocenters. The van der Waals surface area contributed by atoms with Gasteiger partial charge in [-0.3, -0.25) is 4.98 Å². The molecule has 0 radical (unpaired) electrons. The number of esters is 2. The lowest BCUT2D eigenvalue weighted by atomic mass is 10.1. The fourth-order valence-corrected chi connectivity index (χ4v) is 2.45. The molecule has 1 aliphatic heterocycles. The molecule has 0 amide bonds. The van der Waals surface area contributed by atoms with Gasteiger partial charge in [-0.15, -0.1) is 0 Å². The number of ether oxygens (including phenoxy) is 3. The smallest absolute Gasteiger partial charge is 0.374 e. The highest BCUT2D eigenvalue weighted by Crippen LogP contribution is 2.22. The number of rotatable bonds is 3. The molecule has 1 aromatic carbocycles. The van der Waals surface area contributed by atoms with E-state index in [1.54, 1.807) is 18.3 Å². The van der Waals surface area contributed by atoms with Gasteiger partial charge in [0, 0.05) is 17.0 Å². The summed E-state index contributed by atoms with van der Waals surface area (Å²) >= 11 is 0. The first kappa shape index (κ1) is 16.4. The minimum absolute atomic E-state index is 0.0553. The summed E-state index contributed by atoms with van der Waals surface area (Å²) in [5, 5.41) is 1.13. The molecular formula is C19H15NO5. The number of fused-ring (bicyclic) bond motifs is 1. The standard InChI is InChI=1S/C19H15NO5/c1-23-18(21)14-11-15-13(9-6-10-20-15)16(12-7-4-3-5-8-12)25-17(14)19(22)24-2/h3-11H,1-2H3. The molecule has 2 heterocycles. The number of carbonyl (C=O) groups is 2. The van der Waals surface area contributed by atoms with Gasteiger partial charge in [0.25, 0.3) is 0 Å². The molecule has 1 aliphatic rings. The number of nitrogens with zero attached hydrogens (tertiary/aromatic N) is 1. The quantitative estimate of drug-likeness (QED) is 0.766. The van der Waals surface area contributed by atoms with E-state index in [4.69, 9.17) is 14.2 Å². The molecule has 0 atom stereocenters. The average molecular weight is 337 g/mol. The van der Waals surface area contributed by atoms with Crippen LogP contribution in [-0.4, -0.2) is 31.1 Å². The van der Waals surface area contributed by atoms with E-state index in [2.05, 4.69) is 4.98 Å². The first-order valence-electron chi connectivity index (χ1n) is 7.47. The zero-order valence-electron chi connectivity index (χ0n) is 13.7. The lowest BCUT2D eigenvalue weighted by Crippen LogP contribution is -2.30. The van der Waals surface area contributed by atoms with Gasteiger partial charge in [0.1, 0.15) is 11.3 Å². The summed E-state index contributed by atoms with van der Waals surface area (Å²) in [7, 11) is 2.44. The molecule has 0 N–H and O–H groups in total. The fourth-order valence-electron chi connectivity index (χ4n) is 2.45. The van der Waals surface area contributed by atoms with Crippen LogP contribution in [0.25, 0.3) is 11.8 Å². The second kappa shape index (κ2) is 7.00. The Bertz CT molecular complexity index is 976. The molecule has 6 heteroatoms. The van der Waals surface area contributed by atoms with Crippen LogP contribution >= 0.6 is 0 Å². The molecule has 25 heavy (non-hydrogen) atoms. The highest BCUT2D eigenvalue weighted by atomic mass is 16.6. The molecule has 0 saturated carbocycles. The van der Waals surface area contributed by atoms with Gasteiger partial charge in [0.2, 0.25) is 5.76 Å². The first-order valence-corrected chi connectivity index (χ1v) is 7.47. The van der Waals surface area contributed by atoms with E-state index in [1.165, 1.54) is 20.3 Å². The van der Waals surface area contributed by atoms with Gasteiger partial charge in [-0.1, -0.05) is 30.3 Å². The van der Waals surface area contributed by atoms with Gasteiger partial charge in [-0.25, -0.2) is 9.59 Å². The molecule has 0 bridgehead atoms. The van der Waals surface area contributed by atoms with E-state index in [1.807, 2.05) is 30.3 Å². The molecule has 6 nitrogen and oxygen atoms in total. The Balaban J connectivity index is 2.35. The zero-order chi connectivity index (χ0) is 17.8. The summed E-state index contributed by atoms with van der Waals surface area (Å²) in [6, 6.07) is 12.8. The topological polar surface area (TPSA) is 74.7 Å². The van der Waals surface area contributed by atoms with Crippen molar-refractivity contribution in [3.63, 3.8) is 0 Å². The summed E-state index contributed by atoms with van der Waals surface area (Å²) in [6.45, 7) is 0. The normalized spacial score (nSPS) is 13.1. The SMILES string of the molecule is COC(=O)C1=C(C(=O)OC)OC(c2ccccc2)=c2cccnc2=C1. The summed E-state index contributed by atoms with van der Waals surface area (Å²) in [5.74, 6) is -1.34. The number of pyridine rings is 1. The summed E-state index contributed by atoms with van der Waals surface area (Å²) in [5.41, 5.74) is 0.679. The lowest BCUT2D eigenvalue weighted by Gasteiger charge is -2.13. The molecule has 0 fully saturated rings. The van der Waals surface area contributed by atoms with Crippen molar-refractivity contribution in [2.24, 2.45) is 0 Å². The van der Waals surface area contributed by atoms with Crippen molar-refractivity contribution >= 4 is 23.8 Å². The van der Waals surface area contributed by atoms with Crippen LogP contribution in [0.4, 0.5) is 0 Å². The van der Waals surface area contributed by atoms with Gasteiger partial charge in [-0.2, -0.15) is 0 Å². The monoisotopic (exact) mass is 337 g/mol. The third-order valence-electron chi connectivity index (χ3n) is 3.63. The van der Waals surface area contributed by atoms with E-state index in [-0.39, 0.29) is 11.3 Å². The van der Waals surface area contributed by atoms with Crippen molar-refractivity contribution in [1.82, 2.24) is 4.98 Å². The average Bonchev–Trinajstić information content (AvgIpc) is 2.84. The number of hydrogen-bond acceptors (Lipinski definition) is 6. The van der Waals surface area contributed by atoms with E-state index >= 15 is 0 Å². The van der Waals surface area contributed by atoms with Gasteiger partial charge >= 0.3 is 11.9 Å². The Hall–Kier alpha value is -3.41. The van der Waals surface area contributed by atoms with Crippen molar-refractivity contribution in [2.45, 2.75) is 0 Å². The number of benzene rings is 1. The Morgan fingerprint density at radius 1 is 0.960 bits per heavy atom. The van der Waals surface area contributed by atoms with Crippen LogP contribution < -0.4 is 10.6 Å². The van der Waals surface area contributed by atoms with E-state index in [0.29, 0.717) is 16.3 Å². The number of aromatic nitrogens is 1. The van der Waals surface area contributed by atoms with Gasteiger partial charge in [0.15, 0.2) is 0 Å². The predicted octanol–water partition coefficient (Wildman–Crippen LogP) is 0.649. The Labute approximate surface area is 143 Å². The number of hydrogen-bond donors (Lipinski definition) is 0. The highest BCUT2D eigenvalue weighted by molar-refractivity contribution is 6.06. The minimum atomic E-state index is -0.780. The van der Waals surface area contributed by atoms with Crippen LogP contribution in [0.15, 0.2) is 60.0 Å². The van der Waals surface area contributed by atoms with Crippen LogP contribution in [0, 0.1) is 0 Å². The van der Waals surface area contributed by atoms with Crippen LogP contribution in [0.3, 0.4) is 0 Å². The third kappa shape index (κ3) is 3.14. The predicted molar refractivity (Wildman–Crippen MR) is 89.0 cm³/mol. The Morgan fingerprint density at radius 2 is 1.68 bits per heavy atom. The second-order valence-electron chi connectivity index (χ2n) is 5.10.